The lowest BCUT2D eigenvalue weighted by Crippen LogP contribution is -2.02. The smallest absolute Gasteiger partial charge is 0.200 e. The Bertz CT molecular complexity index is 2030. The van der Waals surface area contributed by atoms with Crippen LogP contribution in [0.4, 0.5) is 0 Å². The number of carbonyl (C=O) groups excluding carboxylic acids is 1. The minimum atomic E-state index is -0.0440. The molecule has 0 amide bonds. The number of ether oxygens (including phenoxy) is 3. The molecule has 0 bridgehead atoms. The van der Waals surface area contributed by atoms with Crippen molar-refractivity contribution in [3.05, 3.63) is 173 Å². The van der Waals surface area contributed by atoms with Gasteiger partial charge in [-0.15, -0.1) is 0 Å². The third kappa shape index (κ3) is 7.14. The van der Waals surface area contributed by atoms with Crippen LogP contribution in [0.25, 0.3) is 21.9 Å². The molecule has 0 atom stereocenters. The molecular formula is C40H30O6. The van der Waals surface area contributed by atoms with E-state index in [-0.39, 0.29) is 11.2 Å². The van der Waals surface area contributed by atoms with E-state index in [1.807, 2.05) is 85.8 Å². The molecule has 0 aliphatic rings. The summed E-state index contributed by atoms with van der Waals surface area (Å²) in [5, 5.41) is 1.15. The van der Waals surface area contributed by atoms with Crippen LogP contribution < -0.4 is 19.6 Å². The first-order chi connectivity index (χ1) is 22.6. The van der Waals surface area contributed by atoms with Gasteiger partial charge in [0.1, 0.15) is 39.9 Å². The van der Waals surface area contributed by atoms with Crippen LogP contribution in [0, 0.1) is 0 Å². The van der Waals surface area contributed by atoms with E-state index in [0.29, 0.717) is 56.9 Å². The van der Waals surface area contributed by atoms with E-state index < -0.39 is 0 Å². The molecule has 0 saturated carbocycles. The molecule has 0 radical (unpaired) electrons. The van der Waals surface area contributed by atoms with Crippen LogP contribution in [0.2, 0.25) is 0 Å². The molecule has 0 aliphatic heterocycles. The fourth-order valence-corrected chi connectivity index (χ4v) is 4.80. The molecule has 46 heavy (non-hydrogen) atoms. The lowest BCUT2D eigenvalue weighted by Gasteiger charge is -2.08. The Kier molecular flexibility index (Phi) is 9.17. The Hall–Kier alpha value is -6.14. The van der Waals surface area contributed by atoms with Crippen LogP contribution >= 0.6 is 0 Å². The summed E-state index contributed by atoms with van der Waals surface area (Å²) < 4.78 is 22.6. The minimum absolute atomic E-state index is 0.0200. The highest BCUT2D eigenvalue weighted by molar-refractivity contribution is 6.09. The van der Waals surface area contributed by atoms with Gasteiger partial charge in [0.15, 0.2) is 5.78 Å². The number of benzene rings is 6. The molecule has 0 N–H and O–H groups in total. The van der Waals surface area contributed by atoms with Gasteiger partial charge in [-0.25, -0.2) is 0 Å². The van der Waals surface area contributed by atoms with Gasteiger partial charge in [0, 0.05) is 11.1 Å². The second-order valence-corrected chi connectivity index (χ2v) is 10.2. The molecule has 6 heteroatoms. The summed E-state index contributed by atoms with van der Waals surface area (Å²) in [6, 6.07) is 45.9. The van der Waals surface area contributed by atoms with Crippen LogP contribution in [0.15, 0.2) is 161 Å². The van der Waals surface area contributed by atoms with Gasteiger partial charge in [0.25, 0.3) is 0 Å². The van der Waals surface area contributed by atoms with Crippen molar-refractivity contribution in [1.82, 2.24) is 0 Å². The molecule has 0 saturated heterocycles. The van der Waals surface area contributed by atoms with Gasteiger partial charge in [-0.2, -0.15) is 0 Å². The fraction of sp³-hybridized carbons (Fsp3) is 0.0500. The average molecular weight is 607 g/mol. The van der Waals surface area contributed by atoms with Crippen molar-refractivity contribution in [2.45, 2.75) is 6.92 Å². The number of hydrogen-bond donors (Lipinski definition) is 0. The highest BCUT2D eigenvalue weighted by Crippen LogP contribution is 2.25. The van der Waals surface area contributed by atoms with E-state index in [2.05, 4.69) is 0 Å². The van der Waals surface area contributed by atoms with Crippen molar-refractivity contribution < 1.29 is 23.4 Å². The molecule has 0 fully saturated rings. The first kappa shape index (κ1) is 29.9. The summed E-state index contributed by atoms with van der Waals surface area (Å²) in [5.74, 6) is 3.54. The van der Waals surface area contributed by atoms with Crippen molar-refractivity contribution in [3.8, 4) is 28.7 Å². The fourth-order valence-electron chi connectivity index (χ4n) is 4.80. The van der Waals surface area contributed by atoms with Crippen LogP contribution in [-0.4, -0.2) is 12.4 Å². The van der Waals surface area contributed by atoms with Gasteiger partial charge in [-0.1, -0.05) is 48.5 Å². The summed E-state index contributed by atoms with van der Waals surface area (Å²) in [5.41, 5.74) is 2.39. The molecule has 226 valence electrons. The Morgan fingerprint density at radius 2 is 0.978 bits per heavy atom. The zero-order valence-corrected chi connectivity index (χ0v) is 25.1. The summed E-state index contributed by atoms with van der Waals surface area (Å²) in [7, 11) is 0. The van der Waals surface area contributed by atoms with Crippen molar-refractivity contribution in [2.75, 3.05) is 6.61 Å². The zero-order valence-electron chi connectivity index (χ0n) is 25.1. The van der Waals surface area contributed by atoms with E-state index >= 15 is 0 Å². The van der Waals surface area contributed by atoms with Crippen LogP contribution in [0.1, 0.15) is 22.8 Å². The number of rotatable bonds is 8. The topological polar surface area (TPSA) is 75.0 Å². The van der Waals surface area contributed by atoms with Crippen LogP contribution in [-0.2, 0) is 0 Å². The Morgan fingerprint density at radius 1 is 0.522 bits per heavy atom. The van der Waals surface area contributed by atoms with E-state index in [0.717, 1.165) is 11.5 Å². The lowest BCUT2D eigenvalue weighted by atomic mass is 10.0. The second-order valence-electron chi connectivity index (χ2n) is 10.2. The Morgan fingerprint density at radius 3 is 1.52 bits per heavy atom. The molecule has 1 heterocycles. The normalized spacial score (nSPS) is 10.5. The maximum absolute atomic E-state index is 12.7. The van der Waals surface area contributed by atoms with E-state index in [1.165, 1.54) is 0 Å². The van der Waals surface area contributed by atoms with Gasteiger partial charge >= 0.3 is 0 Å². The van der Waals surface area contributed by atoms with Crippen LogP contribution in [0.5, 0.6) is 28.7 Å². The quantitative estimate of drug-likeness (QED) is 0.127. The van der Waals surface area contributed by atoms with Crippen LogP contribution in [0.3, 0.4) is 0 Å². The zero-order chi connectivity index (χ0) is 31.7. The summed E-state index contributed by atoms with van der Waals surface area (Å²) in [6.07, 6.45) is 0. The van der Waals surface area contributed by atoms with Crippen molar-refractivity contribution >= 4 is 27.7 Å². The average Bonchev–Trinajstić information content (AvgIpc) is 3.10. The second kappa shape index (κ2) is 14.1. The molecule has 7 rings (SSSR count). The van der Waals surface area contributed by atoms with Crippen molar-refractivity contribution in [1.29, 1.82) is 0 Å². The summed E-state index contributed by atoms with van der Waals surface area (Å²) in [6.45, 7) is 2.48. The van der Waals surface area contributed by atoms with E-state index in [1.54, 1.807) is 72.8 Å². The van der Waals surface area contributed by atoms with Gasteiger partial charge in [0.2, 0.25) is 5.43 Å². The monoisotopic (exact) mass is 606 g/mol. The van der Waals surface area contributed by atoms with E-state index in [4.69, 9.17) is 18.6 Å². The predicted octanol–water partition coefficient (Wildman–Crippen LogP) is 9.85. The van der Waals surface area contributed by atoms with Gasteiger partial charge in [-0.05, 0) is 110 Å². The maximum Gasteiger partial charge on any atom is 0.200 e. The molecule has 6 aromatic carbocycles. The third-order valence-electron chi connectivity index (χ3n) is 7.05. The number of carbonyl (C=O) groups is 1. The van der Waals surface area contributed by atoms with Gasteiger partial charge in [0.05, 0.1) is 17.4 Å². The molecule has 7 aromatic rings. The SMILES string of the molecule is CCOc1ccc2oc3ccccc3c(=O)c2c1.O=C(c1ccc(Oc2ccccc2)cc1)c1ccc(Oc2ccccc2)cc1. The third-order valence-corrected chi connectivity index (χ3v) is 7.05. The first-order valence-electron chi connectivity index (χ1n) is 14.9. The Labute approximate surface area is 266 Å². The molecule has 0 aliphatic carbocycles. The molecule has 0 unspecified atom stereocenters. The van der Waals surface area contributed by atoms with Gasteiger partial charge < -0.3 is 18.6 Å². The number of hydrogen-bond acceptors (Lipinski definition) is 6. The van der Waals surface area contributed by atoms with E-state index in [9.17, 15) is 9.59 Å². The maximum atomic E-state index is 12.7. The Balaban J connectivity index is 0.000000178. The van der Waals surface area contributed by atoms with Crippen molar-refractivity contribution in [3.63, 3.8) is 0 Å². The lowest BCUT2D eigenvalue weighted by molar-refractivity contribution is 0.103. The predicted molar refractivity (Wildman–Crippen MR) is 181 cm³/mol. The summed E-state index contributed by atoms with van der Waals surface area (Å²) in [4.78, 5) is 25.0. The number of para-hydroxylation sites is 3. The highest BCUT2D eigenvalue weighted by Gasteiger charge is 2.11. The van der Waals surface area contributed by atoms with Gasteiger partial charge in [-0.3, -0.25) is 9.59 Å². The first-order valence-corrected chi connectivity index (χ1v) is 14.9. The molecule has 0 spiro atoms. The number of fused-ring (bicyclic) bond motifs is 2. The summed E-state index contributed by atoms with van der Waals surface area (Å²) >= 11 is 0. The highest BCUT2D eigenvalue weighted by atomic mass is 16.5. The molecule has 1 aromatic heterocycles. The standard InChI is InChI=1S/C25H18O3.C15H12O3/c26-25(19-11-15-23(16-12-19)27-21-7-3-1-4-8-21)20-13-17-24(18-14-20)28-22-9-5-2-6-10-22;1-2-17-10-7-8-14-12(9-10)15(16)11-5-3-4-6-13(11)18-14/h1-18H;3-9H,2H2,1H3. The number of ketones is 1. The minimum Gasteiger partial charge on any atom is -0.494 e. The molecule has 6 nitrogen and oxygen atoms in total. The largest absolute Gasteiger partial charge is 0.494 e. The molecular weight excluding hydrogens is 576 g/mol. The van der Waals surface area contributed by atoms with Crippen molar-refractivity contribution in [2.24, 2.45) is 0 Å².